The van der Waals surface area contributed by atoms with Gasteiger partial charge in [-0.1, -0.05) is 12.1 Å². The van der Waals surface area contributed by atoms with E-state index in [4.69, 9.17) is 9.15 Å². The van der Waals surface area contributed by atoms with Gasteiger partial charge in [0, 0.05) is 7.05 Å². The fourth-order valence-electron chi connectivity index (χ4n) is 2.68. The molecule has 4 rings (SSSR count). The first-order valence-corrected chi connectivity index (χ1v) is 7.92. The van der Waals surface area contributed by atoms with Crippen molar-refractivity contribution in [3.05, 3.63) is 48.0 Å². The minimum Gasteiger partial charge on any atom is -0.462 e. The van der Waals surface area contributed by atoms with Gasteiger partial charge in [-0.05, 0) is 37.3 Å². The zero-order valence-corrected chi connectivity index (χ0v) is 13.8. The highest BCUT2D eigenvalue weighted by molar-refractivity contribution is 5.93. The van der Waals surface area contributed by atoms with Crippen LogP contribution in [0.15, 0.2) is 46.9 Å². The summed E-state index contributed by atoms with van der Waals surface area (Å²) in [6.07, 6.45) is 0. The lowest BCUT2D eigenvalue weighted by molar-refractivity contribution is 0.0526. The molecule has 2 aromatic carbocycles. The van der Waals surface area contributed by atoms with Crippen LogP contribution in [0.25, 0.3) is 22.1 Å². The first-order chi connectivity index (χ1) is 12.2. The molecular formula is C18H16N4O3. The van der Waals surface area contributed by atoms with Crippen LogP contribution in [-0.2, 0) is 11.8 Å². The maximum absolute atomic E-state index is 11.8. The monoisotopic (exact) mass is 336 g/mol. The fourth-order valence-corrected chi connectivity index (χ4v) is 2.68. The molecule has 0 unspecified atom stereocenters. The molecule has 0 aliphatic heterocycles. The SMILES string of the molecule is CCOC(=O)c1ccc2oc(Nc3nc4ccccc4n3C)nc2c1. The molecule has 0 saturated carbocycles. The number of aryl methyl sites for hydroxylation is 1. The molecule has 7 nitrogen and oxygen atoms in total. The molecule has 2 heterocycles. The molecule has 7 heteroatoms. The molecule has 0 aliphatic carbocycles. The molecule has 126 valence electrons. The van der Waals surface area contributed by atoms with E-state index in [1.54, 1.807) is 25.1 Å². The number of ether oxygens (including phenoxy) is 1. The lowest BCUT2D eigenvalue weighted by Crippen LogP contribution is -2.04. The summed E-state index contributed by atoms with van der Waals surface area (Å²) in [6, 6.07) is 13.2. The Morgan fingerprint density at radius 1 is 1.20 bits per heavy atom. The number of benzene rings is 2. The van der Waals surface area contributed by atoms with E-state index < -0.39 is 0 Å². The second-order valence-corrected chi connectivity index (χ2v) is 5.53. The third-order valence-corrected chi connectivity index (χ3v) is 3.90. The second-order valence-electron chi connectivity index (χ2n) is 5.53. The average molecular weight is 336 g/mol. The Kier molecular flexibility index (Phi) is 3.61. The number of carbonyl (C=O) groups excluding carboxylic acids is 1. The van der Waals surface area contributed by atoms with Crippen LogP contribution in [-0.4, -0.2) is 27.1 Å². The van der Waals surface area contributed by atoms with Crippen molar-refractivity contribution >= 4 is 40.1 Å². The Labute approximate surface area is 143 Å². The van der Waals surface area contributed by atoms with Gasteiger partial charge in [-0.3, -0.25) is 5.32 Å². The van der Waals surface area contributed by atoms with E-state index in [1.807, 2.05) is 35.9 Å². The van der Waals surface area contributed by atoms with E-state index in [9.17, 15) is 4.79 Å². The number of anilines is 2. The van der Waals surface area contributed by atoms with Crippen molar-refractivity contribution in [1.29, 1.82) is 0 Å². The summed E-state index contributed by atoms with van der Waals surface area (Å²) >= 11 is 0. The maximum Gasteiger partial charge on any atom is 0.338 e. The Morgan fingerprint density at radius 2 is 2.04 bits per heavy atom. The van der Waals surface area contributed by atoms with E-state index in [0.717, 1.165) is 11.0 Å². The number of para-hydroxylation sites is 2. The van der Waals surface area contributed by atoms with E-state index in [-0.39, 0.29) is 5.97 Å². The number of imidazole rings is 1. The van der Waals surface area contributed by atoms with Crippen LogP contribution in [0.1, 0.15) is 17.3 Å². The highest BCUT2D eigenvalue weighted by Gasteiger charge is 2.13. The smallest absolute Gasteiger partial charge is 0.338 e. The molecule has 2 aromatic heterocycles. The Bertz CT molecular complexity index is 1080. The standard InChI is InChI=1S/C18H16N4O3/c1-3-24-16(23)11-8-9-15-13(10-11)20-18(25-15)21-17-19-12-6-4-5-7-14(12)22(17)2/h4-10H,3H2,1-2H3,(H,19,20,21). The van der Waals surface area contributed by atoms with Crippen molar-refractivity contribution < 1.29 is 13.9 Å². The molecule has 0 aliphatic rings. The van der Waals surface area contributed by atoms with Gasteiger partial charge in [-0.15, -0.1) is 0 Å². The molecule has 0 amide bonds. The Morgan fingerprint density at radius 3 is 2.84 bits per heavy atom. The van der Waals surface area contributed by atoms with Gasteiger partial charge < -0.3 is 13.7 Å². The number of carbonyl (C=O) groups is 1. The summed E-state index contributed by atoms with van der Waals surface area (Å²) in [6.45, 7) is 2.10. The number of oxazole rings is 1. The number of nitrogens with one attached hydrogen (secondary N) is 1. The highest BCUT2D eigenvalue weighted by atomic mass is 16.5. The molecular weight excluding hydrogens is 320 g/mol. The molecule has 0 saturated heterocycles. The van der Waals surface area contributed by atoms with Crippen molar-refractivity contribution in [2.45, 2.75) is 6.92 Å². The van der Waals surface area contributed by atoms with E-state index in [2.05, 4.69) is 15.3 Å². The van der Waals surface area contributed by atoms with Gasteiger partial charge in [0.1, 0.15) is 5.52 Å². The minimum absolute atomic E-state index is 0.314. The molecule has 4 aromatic rings. The van der Waals surface area contributed by atoms with E-state index in [0.29, 0.717) is 35.2 Å². The number of aromatic nitrogens is 3. The van der Waals surface area contributed by atoms with Crippen LogP contribution in [0.5, 0.6) is 0 Å². The van der Waals surface area contributed by atoms with Gasteiger partial charge in [0.15, 0.2) is 5.58 Å². The Hall–Kier alpha value is -3.35. The van der Waals surface area contributed by atoms with Gasteiger partial charge in [0.05, 0.1) is 23.2 Å². The third-order valence-electron chi connectivity index (χ3n) is 3.90. The van der Waals surface area contributed by atoms with Crippen molar-refractivity contribution in [2.75, 3.05) is 11.9 Å². The maximum atomic E-state index is 11.8. The van der Waals surface area contributed by atoms with Gasteiger partial charge in [0.25, 0.3) is 0 Å². The van der Waals surface area contributed by atoms with Crippen LogP contribution in [0.2, 0.25) is 0 Å². The van der Waals surface area contributed by atoms with Crippen LogP contribution >= 0.6 is 0 Å². The quantitative estimate of drug-likeness (QED) is 0.573. The zero-order valence-electron chi connectivity index (χ0n) is 13.8. The van der Waals surface area contributed by atoms with Gasteiger partial charge in [-0.2, -0.15) is 4.98 Å². The van der Waals surface area contributed by atoms with Crippen LogP contribution in [0.3, 0.4) is 0 Å². The topological polar surface area (TPSA) is 82.2 Å². The highest BCUT2D eigenvalue weighted by Crippen LogP contribution is 2.25. The molecule has 0 radical (unpaired) electrons. The fraction of sp³-hybridized carbons (Fsp3) is 0.167. The normalized spacial score (nSPS) is 11.1. The third kappa shape index (κ3) is 2.69. The molecule has 0 spiro atoms. The second kappa shape index (κ2) is 5.94. The molecule has 0 fully saturated rings. The number of rotatable bonds is 4. The summed E-state index contributed by atoms with van der Waals surface area (Å²) in [7, 11) is 1.92. The average Bonchev–Trinajstić information content (AvgIpc) is 3.16. The van der Waals surface area contributed by atoms with Crippen molar-refractivity contribution in [1.82, 2.24) is 14.5 Å². The lowest BCUT2D eigenvalue weighted by atomic mass is 10.2. The van der Waals surface area contributed by atoms with E-state index >= 15 is 0 Å². The number of hydrogen-bond acceptors (Lipinski definition) is 6. The summed E-state index contributed by atoms with van der Waals surface area (Å²) in [5, 5.41) is 3.08. The van der Waals surface area contributed by atoms with Crippen molar-refractivity contribution in [3.63, 3.8) is 0 Å². The number of esters is 1. The number of hydrogen-bond donors (Lipinski definition) is 1. The van der Waals surface area contributed by atoms with Crippen molar-refractivity contribution in [3.8, 4) is 0 Å². The predicted molar refractivity (Wildman–Crippen MR) is 94.0 cm³/mol. The first-order valence-electron chi connectivity index (χ1n) is 7.92. The molecule has 0 atom stereocenters. The Balaban J connectivity index is 1.67. The summed E-state index contributed by atoms with van der Waals surface area (Å²) in [4.78, 5) is 20.7. The number of fused-ring (bicyclic) bond motifs is 2. The van der Waals surface area contributed by atoms with E-state index in [1.165, 1.54) is 0 Å². The van der Waals surface area contributed by atoms with Gasteiger partial charge in [-0.25, -0.2) is 9.78 Å². The summed E-state index contributed by atoms with van der Waals surface area (Å²) < 4.78 is 12.6. The van der Waals surface area contributed by atoms with Crippen LogP contribution < -0.4 is 5.32 Å². The summed E-state index contributed by atoms with van der Waals surface area (Å²) in [5.74, 6) is 0.246. The predicted octanol–water partition coefficient (Wildman–Crippen LogP) is 3.63. The number of nitrogens with zero attached hydrogens (tertiary/aromatic N) is 3. The van der Waals surface area contributed by atoms with Crippen molar-refractivity contribution in [2.24, 2.45) is 7.05 Å². The first kappa shape index (κ1) is 15.2. The largest absolute Gasteiger partial charge is 0.462 e. The van der Waals surface area contributed by atoms with Crippen LogP contribution in [0.4, 0.5) is 12.0 Å². The van der Waals surface area contributed by atoms with Gasteiger partial charge in [0.2, 0.25) is 5.95 Å². The minimum atomic E-state index is -0.378. The van der Waals surface area contributed by atoms with Gasteiger partial charge >= 0.3 is 12.0 Å². The molecule has 0 bridgehead atoms. The van der Waals surface area contributed by atoms with Crippen LogP contribution in [0, 0.1) is 0 Å². The molecule has 1 N–H and O–H groups in total. The zero-order chi connectivity index (χ0) is 17.4. The summed E-state index contributed by atoms with van der Waals surface area (Å²) in [5.41, 5.74) is 3.48. The molecule has 25 heavy (non-hydrogen) atoms. The lowest BCUT2D eigenvalue weighted by Gasteiger charge is -2.01.